The molecule has 2 aromatic heterocycles. The molecule has 7 nitrogen and oxygen atoms in total. The lowest BCUT2D eigenvalue weighted by molar-refractivity contribution is -0.114. The van der Waals surface area contributed by atoms with E-state index in [0.717, 1.165) is 22.5 Å². The van der Waals surface area contributed by atoms with Gasteiger partial charge in [-0.05, 0) is 30.3 Å². The fourth-order valence-corrected chi connectivity index (χ4v) is 3.46. The molecule has 2 heterocycles. The van der Waals surface area contributed by atoms with Crippen molar-refractivity contribution in [1.82, 2.24) is 20.5 Å². The summed E-state index contributed by atoms with van der Waals surface area (Å²) in [6.45, 7) is 1.96. The number of benzene rings is 2. The number of nitrogens with zero attached hydrogens (tertiary/aromatic N) is 2. The number of para-hydroxylation sites is 1. The highest BCUT2D eigenvalue weighted by atomic mass is 16.2. The molecule has 0 bridgehead atoms. The maximum absolute atomic E-state index is 12.9. The Labute approximate surface area is 185 Å². The van der Waals surface area contributed by atoms with Crippen molar-refractivity contribution in [3.8, 4) is 22.5 Å². The number of pyridine rings is 1. The average Bonchev–Trinajstić information content (AvgIpc) is 3.30. The Balaban J connectivity index is 1.54. The minimum absolute atomic E-state index is 0.148. The van der Waals surface area contributed by atoms with Crippen molar-refractivity contribution in [1.29, 1.82) is 0 Å². The highest BCUT2D eigenvalue weighted by Gasteiger charge is 2.16. The number of nitrogens with one attached hydrogen (secondary N) is 3. The second-order valence-corrected chi connectivity index (χ2v) is 7.27. The number of H-pyrrole nitrogens is 1. The number of aromatic amines is 1. The Hall–Kier alpha value is -4.26. The quantitative estimate of drug-likeness (QED) is 0.416. The van der Waals surface area contributed by atoms with E-state index in [9.17, 15) is 9.59 Å². The minimum atomic E-state index is -0.167. The Morgan fingerprint density at radius 3 is 2.47 bits per heavy atom. The number of anilines is 1. The summed E-state index contributed by atoms with van der Waals surface area (Å²) in [4.78, 5) is 28.7. The molecule has 0 spiro atoms. The van der Waals surface area contributed by atoms with Gasteiger partial charge in [-0.1, -0.05) is 42.5 Å². The predicted octanol–water partition coefficient (Wildman–Crippen LogP) is 4.07. The van der Waals surface area contributed by atoms with Gasteiger partial charge in [-0.15, -0.1) is 0 Å². The van der Waals surface area contributed by atoms with Crippen molar-refractivity contribution in [3.63, 3.8) is 0 Å². The van der Waals surface area contributed by atoms with Gasteiger partial charge in [-0.25, -0.2) is 0 Å². The topological polar surface area (TPSA) is 99.8 Å². The van der Waals surface area contributed by atoms with Gasteiger partial charge >= 0.3 is 0 Å². The van der Waals surface area contributed by atoms with Crippen molar-refractivity contribution in [2.75, 3.05) is 11.9 Å². The Morgan fingerprint density at radius 1 is 0.938 bits per heavy atom. The first-order valence-corrected chi connectivity index (χ1v) is 10.3. The first kappa shape index (κ1) is 21.0. The molecule has 2 aromatic carbocycles. The molecule has 0 saturated carbocycles. The zero-order chi connectivity index (χ0) is 22.3. The third-order valence-electron chi connectivity index (χ3n) is 4.95. The fraction of sp³-hybridized carbons (Fsp3) is 0.120. The first-order chi connectivity index (χ1) is 15.6. The number of aromatic nitrogens is 3. The van der Waals surface area contributed by atoms with E-state index in [1.165, 1.54) is 6.92 Å². The van der Waals surface area contributed by atoms with Crippen LogP contribution >= 0.6 is 0 Å². The largest absolute Gasteiger partial charge is 0.352 e. The minimum Gasteiger partial charge on any atom is -0.352 e. The van der Waals surface area contributed by atoms with Crippen LogP contribution in [-0.4, -0.2) is 33.5 Å². The molecule has 3 N–H and O–H groups in total. The number of amides is 2. The van der Waals surface area contributed by atoms with E-state index < -0.39 is 0 Å². The van der Waals surface area contributed by atoms with E-state index in [0.29, 0.717) is 29.9 Å². The molecule has 0 aliphatic rings. The van der Waals surface area contributed by atoms with E-state index in [1.54, 1.807) is 12.3 Å². The number of hydrogen-bond acceptors (Lipinski definition) is 4. The highest BCUT2D eigenvalue weighted by molar-refractivity contribution is 6.01. The summed E-state index contributed by atoms with van der Waals surface area (Å²) >= 11 is 0. The van der Waals surface area contributed by atoms with Crippen molar-refractivity contribution >= 4 is 17.5 Å². The van der Waals surface area contributed by atoms with Crippen molar-refractivity contribution in [3.05, 3.63) is 90.3 Å². The molecule has 7 heteroatoms. The van der Waals surface area contributed by atoms with Gasteiger partial charge in [-0.3, -0.25) is 19.7 Å². The van der Waals surface area contributed by atoms with E-state index in [1.807, 2.05) is 66.7 Å². The van der Waals surface area contributed by atoms with Crippen LogP contribution in [0.2, 0.25) is 0 Å². The van der Waals surface area contributed by atoms with Gasteiger partial charge in [-0.2, -0.15) is 5.10 Å². The summed E-state index contributed by atoms with van der Waals surface area (Å²) in [6, 6.07) is 22.4. The predicted molar refractivity (Wildman–Crippen MR) is 124 cm³/mol. The Bertz CT molecular complexity index is 1230. The van der Waals surface area contributed by atoms with Gasteiger partial charge in [0, 0.05) is 48.5 Å². The standard InChI is InChI=1S/C25H23N5O2/c1-17(31)28-22-12-5-4-11-21(22)24-16-23(29-30-24)19-9-2-3-10-20(19)25(32)27-15-13-18-8-6-7-14-26-18/h2-12,14,16H,13,15H2,1H3,(H,27,32)(H,28,31)(H,29,30). The lowest BCUT2D eigenvalue weighted by atomic mass is 10.0. The lowest BCUT2D eigenvalue weighted by Crippen LogP contribution is -2.26. The maximum Gasteiger partial charge on any atom is 0.251 e. The zero-order valence-electron chi connectivity index (χ0n) is 17.6. The third kappa shape index (κ3) is 4.89. The second kappa shape index (κ2) is 9.70. The molecule has 4 rings (SSSR count). The van der Waals surface area contributed by atoms with E-state index in [-0.39, 0.29) is 11.8 Å². The van der Waals surface area contributed by atoms with Gasteiger partial charge in [0.25, 0.3) is 5.91 Å². The van der Waals surface area contributed by atoms with Gasteiger partial charge in [0.2, 0.25) is 5.91 Å². The summed E-state index contributed by atoms with van der Waals surface area (Å²) < 4.78 is 0. The molecule has 0 unspecified atom stereocenters. The molecule has 2 amide bonds. The van der Waals surface area contributed by atoms with Crippen molar-refractivity contribution in [2.24, 2.45) is 0 Å². The summed E-state index contributed by atoms with van der Waals surface area (Å²) in [6.07, 6.45) is 2.40. The van der Waals surface area contributed by atoms with Crippen LogP contribution in [0.15, 0.2) is 79.0 Å². The van der Waals surface area contributed by atoms with Crippen LogP contribution in [0.25, 0.3) is 22.5 Å². The molecule has 0 saturated heterocycles. The Kier molecular flexibility index (Phi) is 6.36. The van der Waals surface area contributed by atoms with Crippen LogP contribution in [0.1, 0.15) is 23.0 Å². The van der Waals surface area contributed by atoms with Crippen LogP contribution in [-0.2, 0) is 11.2 Å². The molecule has 0 fully saturated rings. The summed E-state index contributed by atoms with van der Waals surface area (Å²) in [5, 5.41) is 13.2. The number of hydrogen-bond donors (Lipinski definition) is 3. The number of carbonyl (C=O) groups is 2. The van der Waals surface area contributed by atoms with Gasteiger partial charge in [0.1, 0.15) is 0 Å². The lowest BCUT2D eigenvalue weighted by Gasteiger charge is -2.09. The monoisotopic (exact) mass is 425 g/mol. The Morgan fingerprint density at radius 2 is 1.69 bits per heavy atom. The smallest absolute Gasteiger partial charge is 0.251 e. The van der Waals surface area contributed by atoms with Crippen molar-refractivity contribution < 1.29 is 9.59 Å². The third-order valence-corrected chi connectivity index (χ3v) is 4.95. The molecule has 0 aliphatic heterocycles. The molecule has 160 valence electrons. The normalized spacial score (nSPS) is 10.5. The van der Waals surface area contributed by atoms with E-state index in [4.69, 9.17) is 0 Å². The van der Waals surface area contributed by atoms with Crippen LogP contribution in [0.4, 0.5) is 5.69 Å². The first-order valence-electron chi connectivity index (χ1n) is 10.3. The van der Waals surface area contributed by atoms with Gasteiger partial charge in [0.15, 0.2) is 0 Å². The summed E-state index contributed by atoms with van der Waals surface area (Å²) in [5.74, 6) is -0.315. The average molecular weight is 425 g/mol. The van der Waals surface area contributed by atoms with Gasteiger partial charge in [0.05, 0.1) is 17.1 Å². The van der Waals surface area contributed by atoms with Crippen LogP contribution in [0.3, 0.4) is 0 Å². The SMILES string of the molecule is CC(=O)Nc1ccccc1-c1cc(-c2ccccc2C(=O)NCCc2ccccn2)n[nH]1. The molecule has 32 heavy (non-hydrogen) atoms. The zero-order valence-corrected chi connectivity index (χ0v) is 17.6. The molecular weight excluding hydrogens is 402 g/mol. The molecule has 0 radical (unpaired) electrons. The second-order valence-electron chi connectivity index (χ2n) is 7.27. The highest BCUT2D eigenvalue weighted by Crippen LogP contribution is 2.30. The van der Waals surface area contributed by atoms with Crippen LogP contribution in [0.5, 0.6) is 0 Å². The summed E-state index contributed by atoms with van der Waals surface area (Å²) in [5.41, 5.74) is 5.09. The van der Waals surface area contributed by atoms with Gasteiger partial charge < -0.3 is 10.6 Å². The van der Waals surface area contributed by atoms with E-state index in [2.05, 4.69) is 25.8 Å². The van der Waals surface area contributed by atoms with Crippen LogP contribution < -0.4 is 10.6 Å². The number of carbonyl (C=O) groups excluding carboxylic acids is 2. The molecule has 4 aromatic rings. The molecule has 0 aliphatic carbocycles. The fourth-order valence-electron chi connectivity index (χ4n) is 3.46. The van der Waals surface area contributed by atoms with E-state index >= 15 is 0 Å². The van der Waals surface area contributed by atoms with Crippen molar-refractivity contribution in [2.45, 2.75) is 13.3 Å². The number of rotatable bonds is 7. The summed E-state index contributed by atoms with van der Waals surface area (Å²) in [7, 11) is 0. The molecular formula is C25H23N5O2. The molecule has 0 atom stereocenters. The van der Waals surface area contributed by atoms with Crippen LogP contribution in [0, 0.1) is 0 Å². The maximum atomic E-state index is 12.9.